The Bertz CT molecular complexity index is 2400. The molecule has 0 spiro atoms. The molecule has 219 valence electrons. The summed E-state index contributed by atoms with van der Waals surface area (Å²) in [5.74, 6) is 2.13. The van der Waals surface area contributed by atoms with Gasteiger partial charge in [0.2, 0.25) is 0 Å². The summed E-state index contributed by atoms with van der Waals surface area (Å²) < 4.78 is 0. The number of benzene rings is 3. The number of aromatic nitrogens is 8. The molecule has 2 aliphatic heterocycles. The van der Waals surface area contributed by atoms with Crippen molar-refractivity contribution in [2.24, 2.45) is 0 Å². The van der Waals surface area contributed by atoms with Crippen LogP contribution in [-0.4, -0.2) is 29.9 Å². The van der Waals surface area contributed by atoms with Crippen molar-refractivity contribution in [3.63, 3.8) is 0 Å². The van der Waals surface area contributed by atoms with E-state index in [4.69, 9.17) is 39.9 Å². The van der Waals surface area contributed by atoms with Crippen molar-refractivity contribution in [2.75, 3.05) is 0 Å². The van der Waals surface area contributed by atoms with E-state index in [1.54, 1.807) is 14.5 Å². The molecule has 3 aromatic heterocycles. The standard InChI is InChI=1S/C33H20N8.Cu.2HI/c1-3-11-19-18(4-2)26-34-27(19)36-29-22-14-7-8-15-23(22)31(38-29)40-33-25-17-10-9-16-24(25)32(41-33)39-30-21-13-6-5-12-20(21)28(35-26)37-30;;;/h3-17H,1H2,2H3;;2*1H/q-2;+2;;/p-2/b18-4+,19-11+;;;. The van der Waals surface area contributed by atoms with Crippen LogP contribution in [0.5, 0.6) is 0 Å². The van der Waals surface area contributed by atoms with Crippen LogP contribution < -0.4 is 20.4 Å². The summed E-state index contributed by atoms with van der Waals surface area (Å²) in [4.78, 5) is 39.3. The zero-order chi connectivity index (χ0) is 30.2. The molecule has 2 aliphatic rings. The maximum absolute atomic E-state index is 4.95. The van der Waals surface area contributed by atoms with Crippen LogP contribution in [0.1, 0.15) is 6.92 Å². The first kappa shape index (κ1) is 29.0. The Balaban J connectivity index is 0.00000100. The summed E-state index contributed by atoms with van der Waals surface area (Å²) in [6.45, 7) is 5.87. The van der Waals surface area contributed by atoms with Gasteiger partial charge in [0.1, 0.15) is 0 Å². The molecule has 5 heterocycles. The van der Waals surface area contributed by atoms with Crippen molar-refractivity contribution in [2.45, 2.75) is 6.92 Å². The second-order valence-electron chi connectivity index (χ2n) is 9.68. The molecule has 8 bridgehead atoms. The first-order valence-electron chi connectivity index (χ1n) is 13.4. The van der Waals surface area contributed by atoms with Crippen LogP contribution in [0.15, 0.2) is 85.5 Å². The van der Waals surface area contributed by atoms with Gasteiger partial charge < -0.3 is 29.9 Å². The Morgan fingerprint density at radius 1 is 0.568 bits per heavy atom. The van der Waals surface area contributed by atoms with Crippen molar-refractivity contribution in [1.29, 1.82) is 0 Å². The Labute approximate surface area is 280 Å². The second-order valence-corrected chi connectivity index (χ2v) is 17.6. The summed E-state index contributed by atoms with van der Waals surface area (Å²) in [5, 5.41) is 3.42. The van der Waals surface area contributed by atoms with Gasteiger partial charge in [-0.2, -0.15) is 0 Å². The number of allylic oxidation sites excluding steroid dienone is 1. The molecular formula is C33H20CuI2N8-2. The summed E-state index contributed by atoms with van der Waals surface area (Å²) >= 11 is 4.36. The molecule has 0 saturated carbocycles. The summed E-state index contributed by atoms with van der Waals surface area (Å²) in [7, 11) is 1.75. The molecule has 0 atom stereocenters. The SMILES string of the molecule is C=C/C=c1\c(=C/C)c2nc3nc(nc4[n-]c(nc5nc(nc1[n-]2)-c1ccccc1-5)c1ccccc41)-c1ccccc1-3.[I][Cu][I]. The van der Waals surface area contributed by atoms with Crippen molar-refractivity contribution in [3.05, 3.63) is 95.9 Å². The van der Waals surface area contributed by atoms with Crippen molar-refractivity contribution in [1.82, 2.24) is 39.9 Å². The predicted octanol–water partition coefficient (Wildman–Crippen LogP) is 6.51. The molecule has 0 amide bonds. The first-order valence-corrected chi connectivity index (χ1v) is 19.5. The van der Waals surface area contributed by atoms with Crippen LogP contribution >= 0.6 is 40.7 Å². The maximum atomic E-state index is 4.95. The van der Waals surface area contributed by atoms with E-state index in [0.717, 1.165) is 43.5 Å². The molecule has 0 radical (unpaired) electrons. The van der Waals surface area contributed by atoms with E-state index in [1.165, 1.54) is 0 Å². The number of fused-ring (bicyclic) bond motifs is 17. The van der Waals surface area contributed by atoms with Gasteiger partial charge in [-0.25, -0.2) is 9.97 Å². The molecule has 0 aliphatic carbocycles. The molecule has 6 aromatic rings. The number of nitrogens with zero attached hydrogens (tertiary/aromatic N) is 8. The van der Waals surface area contributed by atoms with Crippen LogP contribution in [0.3, 0.4) is 0 Å². The zero-order valence-electron chi connectivity index (χ0n) is 23.0. The predicted molar refractivity (Wildman–Crippen MR) is 189 cm³/mol. The van der Waals surface area contributed by atoms with E-state index in [2.05, 4.69) is 47.3 Å². The molecular weight excluding hydrogens is 826 g/mol. The number of rotatable bonds is 1. The van der Waals surface area contributed by atoms with Gasteiger partial charge in [-0.3, -0.25) is 0 Å². The number of hydrogen-bond donors (Lipinski definition) is 0. The molecule has 3 aromatic carbocycles. The van der Waals surface area contributed by atoms with Crippen molar-refractivity contribution >= 4 is 86.2 Å². The quantitative estimate of drug-likeness (QED) is 0.136. The Kier molecular flexibility index (Phi) is 8.10. The van der Waals surface area contributed by atoms with Gasteiger partial charge in [-0.15, -0.1) is 0 Å². The molecule has 0 saturated heterocycles. The third kappa shape index (κ3) is 5.07. The Hall–Kier alpha value is -3.78. The van der Waals surface area contributed by atoms with Gasteiger partial charge in [-0.1, -0.05) is 97.6 Å². The summed E-state index contributed by atoms with van der Waals surface area (Å²) in [6.07, 6.45) is 5.59. The van der Waals surface area contributed by atoms with Crippen LogP contribution in [0, 0.1) is 0 Å². The minimum atomic E-state index is 0.499. The van der Waals surface area contributed by atoms with Crippen LogP contribution in [-0.2, 0) is 8.46 Å². The van der Waals surface area contributed by atoms with E-state index >= 15 is 0 Å². The van der Waals surface area contributed by atoms with Crippen LogP contribution in [0.2, 0.25) is 0 Å². The van der Waals surface area contributed by atoms with E-state index in [9.17, 15) is 0 Å². The fourth-order valence-corrected chi connectivity index (χ4v) is 5.39. The topological polar surface area (TPSA) is 106 Å². The number of halogens is 2. The summed E-state index contributed by atoms with van der Waals surface area (Å²) in [5.41, 5.74) is 5.60. The van der Waals surface area contributed by atoms with Gasteiger partial charge >= 0.3 is 49.1 Å². The van der Waals surface area contributed by atoms with Gasteiger partial charge in [-0.05, 0) is 28.1 Å². The van der Waals surface area contributed by atoms with Gasteiger partial charge in [0.05, 0.1) is 23.3 Å². The van der Waals surface area contributed by atoms with E-state index in [-0.39, 0.29) is 0 Å². The second kappa shape index (κ2) is 12.3. The minimum absolute atomic E-state index is 0.499. The molecule has 11 heteroatoms. The molecule has 8 rings (SSSR count). The van der Waals surface area contributed by atoms with E-state index < -0.39 is 0 Å². The first-order chi connectivity index (χ1) is 21.6. The molecule has 0 fully saturated rings. The van der Waals surface area contributed by atoms with Gasteiger partial charge in [0.15, 0.2) is 0 Å². The van der Waals surface area contributed by atoms with Crippen LogP contribution in [0.25, 0.3) is 91.1 Å². The van der Waals surface area contributed by atoms with Crippen molar-refractivity contribution in [3.8, 4) is 45.6 Å². The third-order valence-corrected chi connectivity index (χ3v) is 7.27. The van der Waals surface area contributed by atoms with E-state index in [1.807, 2.05) is 91.9 Å². The molecule has 0 unspecified atom stereocenters. The Morgan fingerprint density at radius 3 is 1.34 bits per heavy atom. The van der Waals surface area contributed by atoms with Crippen molar-refractivity contribution < 1.29 is 8.46 Å². The van der Waals surface area contributed by atoms with Gasteiger partial charge in [0.25, 0.3) is 0 Å². The van der Waals surface area contributed by atoms with E-state index in [0.29, 0.717) is 45.9 Å². The fourth-order valence-electron chi connectivity index (χ4n) is 5.39. The molecule has 0 N–H and O–H groups in total. The van der Waals surface area contributed by atoms with Crippen LogP contribution in [0.4, 0.5) is 0 Å². The fraction of sp³-hybridized carbons (Fsp3) is 0.0303. The zero-order valence-corrected chi connectivity index (χ0v) is 28.3. The molecule has 44 heavy (non-hydrogen) atoms. The molecule has 8 nitrogen and oxygen atoms in total. The normalized spacial score (nSPS) is 12.5. The number of hydrogen-bond acceptors (Lipinski definition) is 6. The third-order valence-electron chi connectivity index (χ3n) is 7.27. The summed E-state index contributed by atoms with van der Waals surface area (Å²) in [6, 6.07) is 23.8. The monoisotopic (exact) mass is 845 g/mol. The Morgan fingerprint density at radius 2 is 0.932 bits per heavy atom. The van der Waals surface area contributed by atoms with Gasteiger partial charge in [0, 0.05) is 44.8 Å². The average Bonchev–Trinajstić information content (AvgIpc) is 3.77. The average molecular weight is 846 g/mol.